The highest BCUT2D eigenvalue weighted by Crippen LogP contribution is 2.19. The highest BCUT2D eigenvalue weighted by molar-refractivity contribution is 6.30. The Labute approximate surface area is 119 Å². The van der Waals surface area contributed by atoms with Gasteiger partial charge in [0.1, 0.15) is 5.82 Å². The second-order valence-electron chi connectivity index (χ2n) is 5.54. The van der Waals surface area contributed by atoms with Crippen LogP contribution in [0.1, 0.15) is 32.8 Å². The molecule has 0 bridgehead atoms. The first kappa shape index (κ1) is 16.0. The van der Waals surface area contributed by atoms with Crippen LogP contribution in [0, 0.1) is 23.1 Å². The van der Waals surface area contributed by atoms with E-state index in [1.54, 1.807) is 12.1 Å². The second kappa shape index (κ2) is 6.91. The van der Waals surface area contributed by atoms with Gasteiger partial charge in [0.25, 0.3) is 0 Å². The normalized spacial score (nSPS) is 12.7. The van der Waals surface area contributed by atoms with Crippen molar-refractivity contribution < 1.29 is 4.39 Å². The van der Waals surface area contributed by atoms with E-state index in [-0.39, 0.29) is 22.3 Å². The average Bonchev–Trinajstić information content (AvgIpc) is 2.32. The van der Waals surface area contributed by atoms with Crippen LogP contribution in [0.2, 0.25) is 5.02 Å². The first-order chi connectivity index (χ1) is 8.83. The van der Waals surface area contributed by atoms with Crippen molar-refractivity contribution in [3.63, 3.8) is 0 Å². The standard InChI is InChI=1S/C15H20ClFN2/c1-15(2,3)9-5-7-12(19-18)10-11-6-4-8-13(16)14(11)17/h4,6,8,12,19H,7,10,18H2,1-3H3. The summed E-state index contributed by atoms with van der Waals surface area (Å²) in [7, 11) is 0. The van der Waals surface area contributed by atoms with Crippen molar-refractivity contribution in [3.05, 3.63) is 34.6 Å². The molecule has 0 fully saturated rings. The van der Waals surface area contributed by atoms with E-state index in [1.807, 2.05) is 20.8 Å². The number of nitrogens with two attached hydrogens (primary N) is 1. The van der Waals surface area contributed by atoms with Gasteiger partial charge in [-0.3, -0.25) is 11.3 Å². The lowest BCUT2D eigenvalue weighted by atomic mass is 9.97. The van der Waals surface area contributed by atoms with Crippen LogP contribution in [0.15, 0.2) is 18.2 Å². The largest absolute Gasteiger partial charge is 0.271 e. The van der Waals surface area contributed by atoms with Crippen LogP contribution in [0.4, 0.5) is 4.39 Å². The van der Waals surface area contributed by atoms with Crippen LogP contribution >= 0.6 is 11.6 Å². The molecule has 0 aliphatic heterocycles. The van der Waals surface area contributed by atoms with Gasteiger partial charge in [-0.15, -0.1) is 5.92 Å². The van der Waals surface area contributed by atoms with Crippen LogP contribution in [0.25, 0.3) is 0 Å². The zero-order valence-electron chi connectivity index (χ0n) is 11.6. The minimum Gasteiger partial charge on any atom is -0.271 e. The Morgan fingerprint density at radius 3 is 2.68 bits per heavy atom. The van der Waals surface area contributed by atoms with E-state index in [0.717, 1.165) is 0 Å². The summed E-state index contributed by atoms with van der Waals surface area (Å²) < 4.78 is 13.8. The molecule has 0 saturated heterocycles. The summed E-state index contributed by atoms with van der Waals surface area (Å²) in [5, 5.41) is 0.133. The van der Waals surface area contributed by atoms with E-state index < -0.39 is 0 Å². The van der Waals surface area contributed by atoms with Gasteiger partial charge in [-0.05, 0) is 38.8 Å². The van der Waals surface area contributed by atoms with Crippen molar-refractivity contribution in [1.29, 1.82) is 0 Å². The van der Waals surface area contributed by atoms with Crippen molar-refractivity contribution in [3.8, 4) is 11.8 Å². The maximum absolute atomic E-state index is 13.8. The molecule has 0 radical (unpaired) electrons. The van der Waals surface area contributed by atoms with Crippen molar-refractivity contribution in [2.24, 2.45) is 11.3 Å². The highest BCUT2D eigenvalue weighted by atomic mass is 35.5. The molecule has 0 amide bonds. The van der Waals surface area contributed by atoms with Crippen LogP contribution in [0.5, 0.6) is 0 Å². The SMILES string of the molecule is CC(C)(C)C#CCC(Cc1cccc(Cl)c1F)NN. The van der Waals surface area contributed by atoms with E-state index >= 15 is 0 Å². The van der Waals surface area contributed by atoms with Gasteiger partial charge in [0.05, 0.1) is 5.02 Å². The van der Waals surface area contributed by atoms with Crippen molar-refractivity contribution in [1.82, 2.24) is 5.43 Å². The Balaban J connectivity index is 2.71. The lowest BCUT2D eigenvalue weighted by Crippen LogP contribution is -2.36. The molecule has 0 aromatic heterocycles. The molecule has 2 nitrogen and oxygen atoms in total. The number of benzene rings is 1. The van der Waals surface area contributed by atoms with Gasteiger partial charge in [0, 0.05) is 17.9 Å². The molecular formula is C15H20ClFN2. The number of nitrogens with one attached hydrogen (secondary N) is 1. The van der Waals surface area contributed by atoms with Gasteiger partial charge in [0.15, 0.2) is 0 Å². The number of hydrogen-bond acceptors (Lipinski definition) is 2. The number of hydrogen-bond donors (Lipinski definition) is 2. The van der Waals surface area contributed by atoms with Gasteiger partial charge >= 0.3 is 0 Å². The lowest BCUT2D eigenvalue weighted by Gasteiger charge is -2.14. The second-order valence-corrected chi connectivity index (χ2v) is 5.94. The van der Waals surface area contributed by atoms with Gasteiger partial charge in [-0.1, -0.05) is 29.7 Å². The third-order valence-corrected chi connectivity index (χ3v) is 2.84. The maximum atomic E-state index is 13.8. The van der Waals surface area contributed by atoms with Crippen LogP contribution < -0.4 is 11.3 Å². The summed E-state index contributed by atoms with van der Waals surface area (Å²) in [6.45, 7) is 6.13. The molecule has 1 aromatic rings. The third kappa shape index (κ3) is 5.61. The number of hydrazine groups is 1. The van der Waals surface area contributed by atoms with E-state index in [4.69, 9.17) is 17.4 Å². The Hall–Kier alpha value is -1.08. The Bertz CT molecular complexity index is 483. The molecule has 0 heterocycles. The molecule has 0 spiro atoms. The summed E-state index contributed by atoms with van der Waals surface area (Å²) in [6, 6.07) is 4.88. The molecule has 4 heteroatoms. The summed E-state index contributed by atoms with van der Waals surface area (Å²) in [5.74, 6) is 11.3. The summed E-state index contributed by atoms with van der Waals surface area (Å²) in [6.07, 6.45) is 1.03. The first-order valence-electron chi connectivity index (χ1n) is 6.22. The predicted octanol–water partition coefficient (Wildman–Crippen LogP) is 3.29. The average molecular weight is 283 g/mol. The van der Waals surface area contributed by atoms with Crippen LogP contribution in [0.3, 0.4) is 0 Å². The molecule has 1 rings (SSSR count). The van der Waals surface area contributed by atoms with E-state index in [1.165, 1.54) is 6.07 Å². The zero-order valence-corrected chi connectivity index (χ0v) is 12.3. The fraction of sp³-hybridized carbons (Fsp3) is 0.467. The monoisotopic (exact) mass is 282 g/mol. The quantitative estimate of drug-likeness (QED) is 0.505. The van der Waals surface area contributed by atoms with Gasteiger partial charge < -0.3 is 0 Å². The van der Waals surface area contributed by atoms with E-state index in [0.29, 0.717) is 18.4 Å². The molecule has 0 aliphatic rings. The van der Waals surface area contributed by atoms with Crippen molar-refractivity contribution in [2.45, 2.75) is 39.7 Å². The first-order valence-corrected chi connectivity index (χ1v) is 6.60. The third-order valence-electron chi connectivity index (χ3n) is 2.55. The maximum Gasteiger partial charge on any atom is 0.145 e. The topological polar surface area (TPSA) is 38.0 Å². The molecule has 104 valence electrons. The molecule has 1 unspecified atom stereocenters. The Kier molecular flexibility index (Phi) is 5.81. The molecule has 3 N–H and O–H groups in total. The van der Waals surface area contributed by atoms with Crippen LogP contribution in [-0.4, -0.2) is 6.04 Å². The summed E-state index contributed by atoms with van der Waals surface area (Å²) in [4.78, 5) is 0. The molecule has 0 saturated carbocycles. The molecule has 1 atom stereocenters. The highest BCUT2D eigenvalue weighted by Gasteiger charge is 2.12. The molecule has 1 aromatic carbocycles. The van der Waals surface area contributed by atoms with Crippen molar-refractivity contribution in [2.75, 3.05) is 0 Å². The molecule has 19 heavy (non-hydrogen) atoms. The number of rotatable bonds is 4. The fourth-order valence-electron chi connectivity index (χ4n) is 1.60. The smallest absolute Gasteiger partial charge is 0.145 e. The van der Waals surface area contributed by atoms with E-state index in [9.17, 15) is 4.39 Å². The lowest BCUT2D eigenvalue weighted by molar-refractivity contribution is 0.515. The summed E-state index contributed by atoms with van der Waals surface area (Å²) >= 11 is 5.75. The van der Waals surface area contributed by atoms with Gasteiger partial charge in [-0.2, -0.15) is 0 Å². The van der Waals surface area contributed by atoms with Crippen molar-refractivity contribution >= 4 is 11.6 Å². The Morgan fingerprint density at radius 2 is 2.11 bits per heavy atom. The van der Waals surface area contributed by atoms with Crippen LogP contribution in [-0.2, 0) is 6.42 Å². The summed E-state index contributed by atoms with van der Waals surface area (Å²) in [5.41, 5.74) is 3.18. The minimum absolute atomic E-state index is 0.0412. The Morgan fingerprint density at radius 1 is 1.42 bits per heavy atom. The molecular weight excluding hydrogens is 263 g/mol. The van der Waals surface area contributed by atoms with Gasteiger partial charge in [-0.25, -0.2) is 4.39 Å². The van der Waals surface area contributed by atoms with Gasteiger partial charge in [0.2, 0.25) is 0 Å². The van der Waals surface area contributed by atoms with E-state index in [2.05, 4.69) is 17.3 Å². The molecule has 0 aliphatic carbocycles. The fourth-order valence-corrected chi connectivity index (χ4v) is 1.80. The zero-order chi connectivity index (χ0) is 14.5. The predicted molar refractivity (Wildman–Crippen MR) is 78.1 cm³/mol. The minimum atomic E-state index is -0.381. The number of halogens is 2.